The average Bonchev–Trinajstić information content (AvgIpc) is 2.86. The lowest BCUT2D eigenvalue weighted by Crippen LogP contribution is -2.18. The van der Waals surface area contributed by atoms with E-state index in [2.05, 4.69) is 32.9 Å². The number of allylic oxidation sites excluding steroid dienone is 2. The van der Waals surface area contributed by atoms with Crippen molar-refractivity contribution in [3.8, 4) is 0 Å². The van der Waals surface area contributed by atoms with Gasteiger partial charge in [-0.15, -0.1) is 0 Å². The van der Waals surface area contributed by atoms with Crippen molar-refractivity contribution in [1.29, 1.82) is 0 Å². The molecule has 4 heteroatoms. The zero-order valence-electron chi connectivity index (χ0n) is 23.8. The summed E-state index contributed by atoms with van der Waals surface area (Å²) >= 11 is 0. The van der Waals surface area contributed by atoms with Crippen molar-refractivity contribution >= 4 is 27.6 Å². The fourth-order valence-electron chi connectivity index (χ4n) is 4.25. The predicted octanol–water partition coefficient (Wildman–Crippen LogP) is 11.5. The SMILES string of the molecule is CCCCC/C=C\CCC(CCCCCCCCCCCCCCC)OC(=O)CCSSCCC. The van der Waals surface area contributed by atoms with E-state index in [-0.39, 0.29) is 12.1 Å². The molecule has 0 saturated carbocycles. The monoisotopic (exact) mass is 528 g/mol. The molecule has 35 heavy (non-hydrogen) atoms. The van der Waals surface area contributed by atoms with Crippen molar-refractivity contribution in [1.82, 2.24) is 0 Å². The Morgan fingerprint density at radius 2 is 1.11 bits per heavy atom. The molecule has 0 fully saturated rings. The topological polar surface area (TPSA) is 26.3 Å². The molecular formula is C31H60O2S2. The summed E-state index contributed by atoms with van der Waals surface area (Å²) in [5.74, 6) is 2.03. The maximum Gasteiger partial charge on any atom is 0.306 e. The first-order valence-electron chi connectivity index (χ1n) is 15.3. The van der Waals surface area contributed by atoms with Crippen LogP contribution in [0.5, 0.6) is 0 Å². The van der Waals surface area contributed by atoms with Gasteiger partial charge in [-0.3, -0.25) is 4.79 Å². The van der Waals surface area contributed by atoms with E-state index in [1.165, 1.54) is 116 Å². The minimum Gasteiger partial charge on any atom is -0.462 e. The minimum absolute atomic E-state index is 0.00113. The minimum atomic E-state index is 0.00113. The van der Waals surface area contributed by atoms with Crippen LogP contribution >= 0.6 is 21.6 Å². The van der Waals surface area contributed by atoms with E-state index in [1.54, 1.807) is 10.8 Å². The van der Waals surface area contributed by atoms with E-state index in [0.29, 0.717) is 6.42 Å². The van der Waals surface area contributed by atoms with Crippen molar-refractivity contribution < 1.29 is 9.53 Å². The summed E-state index contributed by atoms with van der Waals surface area (Å²) < 4.78 is 5.91. The van der Waals surface area contributed by atoms with Gasteiger partial charge in [-0.1, -0.05) is 144 Å². The standard InChI is InChI=1S/C31H60O2S2/c1-4-7-9-11-13-14-15-16-17-18-20-22-24-26-30(25-23-21-19-12-10-8-5-2)33-31(32)27-29-35-34-28-6-3/h19,21,30H,4-18,20,22-29H2,1-3H3/b21-19-. The third-order valence-corrected chi connectivity index (χ3v) is 9.10. The summed E-state index contributed by atoms with van der Waals surface area (Å²) in [7, 11) is 3.68. The smallest absolute Gasteiger partial charge is 0.306 e. The van der Waals surface area contributed by atoms with Crippen molar-refractivity contribution in [2.75, 3.05) is 11.5 Å². The van der Waals surface area contributed by atoms with Gasteiger partial charge in [0.05, 0.1) is 6.42 Å². The zero-order chi connectivity index (χ0) is 25.7. The quantitative estimate of drug-likeness (QED) is 0.0436. The lowest BCUT2D eigenvalue weighted by molar-refractivity contribution is -0.149. The number of hydrogen-bond donors (Lipinski definition) is 0. The van der Waals surface area contributed by atoms with Gasteiger partial charge in [0.1, 0.15) is 6.10 Å². The average molecular weight is 529 g/mol. The molecule has 0 aromatic rings. The molecule has 1 unspecified atom stereocenters. The van der Waals surface area contributed by atoms with E-state index in [9.17, 15) is 4.79 Å². The normalized spacial score (nSPS) is 12.4. The van der Waals surface area contributed by atoms with Gasteiger partial charge in [0.15, 0.2) is 0 Å². The van der Waals surface area contributed by atoms with Crippen LogP contribution in [-0.2, 0) is 9.53 Å². The summed E-state index contributed by atoms with van der Waals surface area (Å²) in [6.45, 7) is 6.73. The fourth-order valence-corrected chi connectivity index (χ4v) is 6.36. The molecule has 1 atom stereocenters. The molecule has 0 aromatic heterocycles. The molecule has 0 heterocycles. The molecule has 0 bridgehead atoms. The number of esters is 1. The van der Waals surface area contributed by atoms with Crippen molar-refractivity contribution in [2.45, 2.75) is 168 Å². The van der Waals surface area contributed by atoms with E-state index in [0.717, 1.165) is 30.8 Å². The summed E-state index contributed by atoms with van der Waals surface area (Å²) in [5.41, 5.74) is 0. The molecule has 0 aliphatic rings. The van der Waals surface area contributed by atoms with E-state index in [1.807, 2.05) is 10.8 Å². The molecule has 2 nitrogen and oxygen atoms in total. The highest BCUT2D eigenvalue weighted by molar-refractivity contribution is 8.76. The first kappa shape index (κ1) is 34.9. The van der Waals surface area contributed by atoms with Gasteiger partial charge < -0.3 is 4.74 Å². The maximum absolute atomic E-state index is 12.4. The Balaban J connectivity index is 3.98. The Morgan fingerprint density at radius 3 is 1.71 bits per heavy atom. The Morgan fingerprint density at radius 1 is 0.600 bits per heavy atom. The third-order valence-electron chi connectivity index (χ3n) is 6.48. The number of hydrogen-bond acceptors (Lipinski definition) is 4. The zero-order valence-corrected chi connectivity index (χ0v) is 25.5. The summed E-state index contributed by atoms with van der Waals surface area (Å²) in [4.78, 5) is 12.4. The van der Waals surface area contributed by atoms with Crippen molar-refractivity contribution in [3.05, 3.63) is 12.2 Å². The van der Waals surface area contributed by atoms with Gasteiger partial charge in [0, 0.05) is 11.5 Å². The Hall–Kier alpha value is -0.0900. The highest BCUT2D eigenvalue weighted by atomic mass is 33.1. The summed E-state index contributed by atoms with van der Waals surface area (Å²) in [5, 5.41) is 0. The second-order valence-corrected chi connectivity index (χ2v) is 12.8. The van der Waals surface area contributed by atoms with Crippen LogP contribution in [0.4, 0.5) is 0 Å². The maximum atomic E-state index is 12.4. The molecule has 0 rings (SSSR count). The third kappa shape index (κ3) is 28.3. The van der Waals surface area contributed by atoms with Crippen LogP contribution in [0.2, 0.25) is 0 Å². The van der Waals surface area contributed by atoms with Crippen LogP contribution < -0.4 is 0 Å². The molecular weight excluding hydrogens is 468 g/mol. The number of rotatable bonds is 28. The molecule has 0 amide bonds. The highest BCUT2D eigenvalue weighted by Crippen LogP contribution is 2.23. The molecule has 0 N–H and O–H groups in total. The van der Waals surface area contributed by atoms with Crippen LogP contribution in [0.25, 0.3) is 0 Å². The van der Waals surface area contributed by atoms with Crippen LogP contribution in [0.15, 0.2) is 12.2 Å². The Bertz CT molecular complexity index is 453. The second-order valence-electron chi connectivity index (χ2n) is 10.1. The van der Waals surface area contributed by atoms with Gasteiger partial charge in [-0.25, -0.2) is 0 Å². The van der Waals surface area contributed by atoms with Gasteiger partial charge in [0.2, 0.25) is 0 Å². The Kier molecular flexibility index (Phi) is 30.1. The van der Waals surface area contributed by atoms with Crippen LogP contribution in [0, 0.1) is 0 Å². The Labute approximate surface area is 228 Å². The molecule has 0 radical (unpaired) electrons. The van der Waals surface area contributed by atoms with E-state index < -0.39 is 0 Å². The molecule has 0 spiro atoms. The molecule has 208 valence electrons. The largest absolute Gasteiger partial charge is 0.462 e. The molecule has 0 aliphatic carbocycles. The molecule has 0 aliphatic heterocycles. The van der Waals surface area contributed by atoms with Crippen LogP contribution in [-0.4, -0.2) is 23.6 Å². The summed E-state index contributed by atoms with van der Waals surface area (Å²) in [6, 6.07) is 0. The lowest BCUT2D eigenvalue weighted by Gasteiger charge is -2.17. The van der Waals surface area contributed by atoms with Gasteiger partial charge in [-0.2, -0.15) is 0 Å². The van der Waals surface area contributed by atoms with E-state index >= 15 is 0 Å². The predicted molar refractivity (Wildman–Crippen MR) is 163 cm³/mol. The van der Waals surface area contributed by atoms with Crippen molar-refractivity contribution in [2.24, 2.45) is 0 Å². The first-order valence-corrected chi connectivity index (χ1v) is 17.8. The molecule has 0 saturated heterocycles. The van der Waals surface area contributed by atoms with Crippen molar-refractivity contribution in [3.63, 3.8) is 0 Å². The summed E-state index contributed by atoms with van der Waals surface area (Å²) in [6.07, 6.45) is 32.5. The first-order chi connectivity index (χ1) is 17.2. The fraction of sp³-hybridized carbons (Fsp3) is 0.903. The number of unbranched alkanes of at least 4 members (excludes halogenated alkanes) is 15. The lowest BCUT2D eigenvalue weighted by atomic mass is 10.0. The highest BCUT2D eigenvalue weighted by Gasteiger charge is 2.14. The number of carbonyl (C=O) groups is 1. The van der Waals surface area contributed by atoms with Gasteiger partial charge >= 0.3 is 5.97 Å². The number of ether oxygens (including phenoxy) is 1. The van der Waals surface area contributed by atoms with Crippen LogP contribution in [0.1, 0.15) is 162 Å². The molecule has 0 aromatic carbocycles. The van der Waals surface area contributed by atoms with Crippen LogP contribution in [0.3, 0.4) is 0 Å². The van der Waals surface area contributed by atoms with E-state index in [4.69, 9.17) is 4.74 Å². The second kappa shape index (κ2) is 30.1. The number of carbonyl (C=O) groups excluding carboxylic acids is 1. The van der Waals surface area contributed by atoms with Gasteiger partial charge in [-0.05, 0) is 44.9 Å². The van der Waals surface area contributed by atoms with Gasteiger partial charge in [0.25, 0.3) is 0 Å².